The number of benzene rings is 4. The third kappa shape index (κ3) is 5.94. The summed E-state index contributed by atoms with van der Waals surface area (Å²) in [5.74, 6) is 2.65. The van der Waals surface area contributed by atoms with Crippen LogP contribution in [0.2, 0.25) is 0 Å². The molecule has 3 heterocycles. The summed E-state index contributed by atoms with van der Waals surface area (Å²) in [5.41, 5.74) is 13.1. The van der Waals surface area contributed by atoms with E-state index in [1.165, 1.54) is 38.9 Å². The van der Waals surface area contributed by atoms with Gasteiger partial charge in [0.1, 0.15) is 5.82 Å². The van der Waals surface area contributed by atoms with E-state index in [1.54, 1.807) is 0 Å². The summed E-state index contributed by atoms with van der Waals surface area (Å²) in [6.07, 6.45) is 6.92. The van der Waals surface area contributed by atoms with E-state index >= 15 is 0 Å². The summed E-state index contributed by atoms with van der Waals surface area (Å²) in [7, 11) is 0. The predicted octanol–water partition coefficient (Wildman–Crippen LogP) is 10.2. The average Bonchev–Trinajstić information content (AvgIpc) is 3.66. The summed E-state index contributed by atoms with van der Waals surface area (Å²) < 4.78 is 10.5. The van der Waals surface area contributed by atoms with Gasteiger partial charge in [0.05, 0.1) is 6.20 Å². The van der Waals surface area contributed by atoms with Gasteiger partial charge in [0.25, 0.3) is 0 Å². The van der Waals surface area contributed by atoms with Crippen molar-refractivity contribution in [3.8, 4) is 34.1 Å². The summed E-state index contributed by atoms with van der Waals surface area (Å²) in [5, 5.41) is 6.98. The van der Waals surface area contributed by atoms with Gasteiger partial charge in [0.15, 0.2) is 0 Å². The first-order valence-corrected chi connectivity index (χ1v) is 15.9. The fourth-order valence-electron chi connectivity index (χ4n) is 6.62. The Balaban J connectivity index is 0.00000386. The quantitative estimate of drug-likeness (QED) is 0.151. The van der Waals surface area contributed by atoms with Crippen LogP contribution >= 0.6 is 0 Å². The number of aromatic nitrogens is 4. The molecule has 0 saturated heterocycles. The maximum absolute atomic E-state index is 6.40. The van der Waals surface area contributed by atoms with Gasteiger partial charge in [0.2, 0.25) is 0 Å². The van der Waals surface area contributed by atoms with Crippen LogP contribution < -0.4 is 4.74 Å². The fourth-order valence-corrected chi connectivity index (χ4v) is 6.62. The first kappa shape index (κ1) is 32.5. The number of hydrogen-bond donors (Lipinski definition) is 0. The van der Waals surface area contributed by atoms with Crippen molar-refractivity contribution in [2.75, 3.05) is 0 Å². The van der Waals surface area contributed by atoms with Crippen molar-refractivity contribution in [1.82, 2.24) is 19.3 Å². The van der Waals surface area contributed by atoms with E-state index in [-0.39, 0.29) is 21.1 Å². The first-order valence-electron chi connectivity index (χ1n) is 15.9. The van der Waals surface area contributed by atoms with Gasteiger partial charge in [-0.1, -0.05) is 37.6 Å². The second-order valence-corrected chi connectivity index (χ2v) is 12.7. The maximum Gasteiger partial charge on any atom is 2.00 e. The van der Waals surface area contributed by atoms with Gasteiger partial charge in [-0.3, -0.25) is 4.68 Å². The van der Waals surface area contributed by atoms with E-state index in [4.69, 9.17) is 14.8 Å². The Morgan fingerprint density at radius 1 is 0.766 bits per heavy atom. The van der Waals surface area contributed by atoms with Crippen LogP contribution in [0.4, 0.5) is 0 Å². The molecule has 238 valence electrons. The van der Waals surface area contributed by atoms with Crippen LogP contribution in [-0.4, -0.2) is 19.3 Å². The van der Waals surface area contributed by atoms with Crippen molar-refractivity contribution in [3.05, 3.63) is 131 Å². The predicted molar refractivity (Wildman–Crippen MR) is 188 cm³/mol. The van der Waals surface area contributed by atoms with Gasteiger partial charge in [0, 0.05) is 35.0 Å². The second kappa shape index (κ2) is 13.0. The van der Waals surface area contributed by atoms with E-state index < -0.39 is 0 Å². The van der Waals surface area contributed by atoms with Gasteiger partial charge >= 0.3 is 21.1 Å². The summed E-state index contributed by atoms with van der Waals surface area (Å²) in [6.45, 7) is 15.5. The van der Waals surface area contributed by atoms with Crippen molar-refractivity contribution >= 4 is 21.8 Å². The van der Waals surface area contributed by atoms with Crippen LogP contribution in [0.15, 0.2) is 85.3 Å². The molecule has 47 heavy (non-hydrogen) atoms. The van der Waals surface area contributed by atoms with E-state index in [0.29, 0.717) is 17.4 Å². The Morgan fingerprint density at radius 2 is 1.49 bits per heavy atom. The Morgan fingerprint density at radius 3 is 2.26 bits per heavy atom. The smallest absolute Gasteiger partial charge is 0.509 e. The van der Waals surface area contributed by atoms with Crippen molar-refractivity contribution < 1.29 is 25.8 Å². The molecule has 6 heteroatoms. The van der Waals surface area contributed by atoms with Crippen molar-refractivity contribution in [2.45, 2.75) is 54.9 Å². The van der Waals surface area contributed by atoms with Gasteiger partial charge in [-0.2, -0.15) is 17.2 Å². The van der Waals surface area contributed by atoms with Gasteiger partial charge in [-0.05, 0) is 115 Å². The van der Waals surface area contributed by atoms with Crippen LogP contribution in [0.1, 0.15) is 47.2 Å². The average molecular weight is 798 g/mol. The summed E-state index contributed by atoms with van der Waals surface area (Å²) in [6, 6.07) is 29.7. The zero-order chi connectivity index (χ0) is 32.1. The molecule has 0 aliphatic rings. The molecule has 0 amide bonds. The van der Waals surface area contributed by atoms with E-state index in [2.05, 4.69) is 114 Å². The number of pyridine rings is 1. The van der Waals surface area contributed by atoms with E-state index in [9.17, 15) is 0 Å². The normalized spacial score (nSPS) is 11.4. The van der Waals surface area contributed by atoms with Gasteiger partial charge < -0.3 is 9.30 Å². The number of ether oxygens (including phenoxy) is 1. The molecule has 5 nitrogen and oxygen atoms in total. The topological polar surface area (TPSA) is 44.9 Å². The second-order valence-electron chi connectivity index (χ2n) is 12.7. The van der Waals surface area contributed by atoms with Crippen molar-refractivity contribution in [3.63, 3.8) is 0 Å². The molecule has 0 fully saturated rings. The molecule has 0 aliphatic carbocycles. The van der Waals surface area contributed by atoms with Crippen LogP contribution in [-0.2, 0) is 27.5 Å². The largest absolute Gasteiger partial charge is 2.00 e. The molecule has 0 unspecified atom stereocenters. The number of fused-ring (bicyclic) bond motifs is 3. The minimum absolute atomic E-state index is 0. The zero-order valence-electron chi connectivity index (χ0n) is 27.9. The molecular weight excluding hydrogens is 760 g/mol. The molecule has 0 aliphatic heterocycles. The van der Waals surface area contributed by atoms with E-state index in [1.807, 2.05) is 41.3 Å². The number of para-hydroxylation sites is 1. The monoisotopic (exact) mass is 797 g/mol. The first-order chi connectivity index (χ1) is 22.2. The third-order valence-corrected chi connectivity index (χ3v) is 9.33. The molecular formula is C41H38N4OPt. The minimum Gasteiger partial charge on any atom is -0.509 e. The van der Waals surface area contributed by atoms with Crippen LogP contribution in [0.5, 0.6) is 11.5 Å². The third-order valence-electron chi connectivity index (χ3n) is 9.33. The molecule has 0 radical (unpaired) electrons. The molecule has 3 aromatic heterocycles. The Kier molecular flexibility index (Phi) is 8.96. The van der Waals surface area contributed by atoms with Crippen molar-refractivity contribution in [2.24, 2.45) is 5.92 Å². The molecule has 7 rings (SSSR count). The minimum atomic E-state index is 0. The SMILES string of the molecule is Cc1c(C)c(C)c(-c2cnn(-c3[c-]c(Oc4[c-]c5c(cc4)c4ccccc4n5-c4cc(CC(C)C)ccn4)ccc3)c2)c(C)c1C.[Pt+2]. The number of rotatable bonds is 7. The standard InChI is InChI=1S/C41H38N4O.Pt/c1-25(2)19-31-17-18-42-40(20-31)45-38-14-9-8-13-36(38)37-16-15-35(22-39(37)45)46-34-12-10-11-33(21-34)44-24-32(23-43-44)41-29(6)27(4)26(3)28(5)30(41)7;/h8-18,20,23-25H,19H2,1-7H3;/q-2;+2. The van der Waals surface area contributed by atoms with Gasteiger partial charge in [-0.15, -0.1) is 35.7 Å². The van der Waals surface area contributed by atoms with Crippen LogP contribution in [0, 0.1) is 52.7 Å². The molecule has 0 atom stereocenters. The Bertz CT molecular complexity index is 2230. The van der Waals surface area contributed by atoms with Gasteiger partial charge in [-0.25, -0.2) is 4.98 Å². The molecule has 0 spiro atoms. The maximum atomic E-state index is 6.40. The Hall–Kier alpha value is -4.47. The molecule has 4 aromatic carbocycles. The fraction of sp³-hybridized carbons (Fsp3) is 0.220. The Labute approximate surface area is 291 Å². The summed E-state index contributed by atoms with van der Waals surface area (Å²) >= 11 is 0. The van der Waals surface area contributed by atoms with Crippen molar-refractivity contribution in [1.29, 1.82) is 0 Å². The van der Waals surface area contributed by atoms with E-state index in [0.717, 1.165) is 45.3 Å². The molecule has 0 N–H and O–H groups in total. The zero-order valence-corrected chi connectivity index (χ0v) is 30.2. The molecule has 0 saturated carbocycles. The van der Waals surface area contributed by atoms with Crippen LogP contribution in [0.3, 0.4) is 0 Å². The van der Waals surface area contributed by atoms with Crippen LogP contribution in [0.25, 0.3) is 44.4 Å². The molecule has 0 bridgehead atoms. The molecule has 7 aromatic rings. The number of hydrogen-bond acceptors (Lipinski definition) is 3. The summed E-state index contributed by atoms with van der Waals surface area (Å²) in [4.78, 5) is 4.78. The number of nitrogens with zero attached hydrogens (tertiary/aromatic N) is 4.